The van der Waals surface area contributed by atoms with E-state index in [1.807, 2.05) is 0 Å². The molecule has 1 aromatic carbocycles. The molecule has 2 rings (SSSR count). The lowest BCUT2D eigenvalue weighted by Crippen LogP contribution is -2.11. The Bertz CT molecular complexity index is 870. The Balaban J connectivity index is 2.17. The van der Waals surface area contributed by atoms with Gasteiger partial charge < -0.3 is 16.0 Å². The topological polar surface area (TPSA) is 131 Å². The third-order valence-corrected chi connectivity index (χ3v) is 4.77. The van der Waals surface area contributed by atoms with Crippen molar-refractivity contribution in [2.75, 3.05) is 25.1 Å². The summed E-state index contributed by atoms with van der Waals surface area (Å²) in [4.78, 5) is 18.2. The van der Waals surface area contributed by atoms with Crippen molar-refractivity contribution < 1.29 is 13.2 Å². The lowest BCUT2D eigenvalue weighted by atomic mass is 10.3. The number of allylic oxidation sites excluding steroid dienone is 1. The minimum absolute atomic E-state index is 0.0105. The number of ketones is 1. The monoisotopic (exact) mass is 367 g/mol. The van der Waals surface area contributed by atoms with Crippen LogP contribution in [0.1, 0.15) is 9.67 Å². The van der Waals surface area contributed by atoms with Crippen molar-refractivity contribution in [2.24, 2.45) is 5.14 Å². The highest BCUT2D eigenvalue weighted by Crippen LogP contribution is 2.28. The van der Waals surface area contributed by atoms with Crippen molar-refractivity contribution in [2.45, 2.75) is 4.90 Å². The van der Waals surface area contributed by atoms with Gasteiger partial charge in [-0.2, -0.15) is 0 Å². The minimum atomic E-state index is -3.74. The maximum Gasteiger partial charge on any atom is 0.238 e. The van der Waals surface area contributed by atoms with Crippen LogP contribution in [0.2, 0.25) is 0 Å². The number of carbonyl (C=O) groups excluding carboxylic acids is 1. The van der Waals surface area contributed by atoms with Gasteiger partial charge in [0.05, 0.1) is 4.90 Å². The Morgan fingerprint density at radius 3 is 2.46 bits per heavy atom. The summed E-state index contributed by atoms with van der Waals surface area (Å²) < 4.78 is 22.4. The molecule has 24 heavy (non-hydrogen) atoms. The Morgan fingerprint density at radius 2 is 1.92 bits per heavy atom. The third kappa shape index (κ3) is 4.54. The number of rotatable bonds is 6. The molecule has 0 saturated heterocycles. The van der Waals surface area contributed by atoms with Crippen LogP contribution in [0.15, 0.2) is 41.4 Å². The molecule has 2 aromatic rings. The molecule has 1 aromatic heterocycles. The second kappa shape index (κ2) is 6.99. The molecule has 0 aliphatic carbocycles. The molecule has 0 bridgehead atoms. The molecular weight excluding hydrogens is 350 g/mol. The fourth-order valence-electron chi connectivity index (χ4n) is 1.71. The van der Waals surface area contributed by atoms with Crippen molar-refractivity contribution in [1.82, 2.24) is 9.88 Å². The van der Waals surface area contributed by atoms with Gasteiger partial charge in [0.1, 0.15) is 10.7 Å². The van der Waals surface area contributed by atoms with Gasteiger partial charge in [-0.05, 0) is 24.3 Å². The standard InChI is InChI=1S/C14H17N5O3S2/c1-19(2)8-7-11(20)12-13(15)18-14(23-12)17-9-3-5-10(6-4-9)24(16,21)22/h3-8H,15H2,1-2H3,(H,17,18)(H2,16,21,22)/b8-7+. The molecule has 0 aliphatic heterocycles. The maximum atomic E-state index is 12.1. The second-order valence-corrected chi connectivity index (χ2v) is 7.63. The fourth-order valence-corrected chi connectivity index (χ4v) is 3.05. The van der Waals surface area contributed by atoms with E-state index in [4.69, 9.17) is 10.9 Å². The molecule has 0 amide bonds. The fraction of sp³-hybridized carbons (Fsp3) is 0.143. The number of nitrogen functional groups attached to an aromatic ring is 1. The smallest absolute Gasteiger partial charge is 0.238 e. The van der Waals surface area contributed by atoms with Gasteiger partial charge in [-0.15, -0.1) is 0 Å². The number of primary sulfonamides is 1. The first kappa shape index (κ1) is 17.9. The Kier molecular flexibility index (Phi) is 5.22. The number of hydrogen-bond acceptors (Lipinski definition) is 8. The van der Waals surface area contributed by atoms with Crippen LogP contribution < -0.4 is 16.2 Å². The molecule has 0 spiro atoms. The molecule has 0 radical (unpaired) electrons. The first-order chi connectivity index (χ1) is 11.2. The van der Waals surface area contributed by atoms with Crippen LogP contribution in [0.4, 0.5) is 16.6 Å². The average molecular weight is 367 g/mol. The summed E-state index contributed by atoms with van der Waals surface area (Å²) >= 11 is 1.11. The van der Waals surface area contributed by atoms with E-state index in [9.17, 15) is 13.2 Å². The van der Waals surface area contributed by atoms with E-state index < -0.39 is 10.0 Å². The number of sulfonamides is 1. The molecule has 128 valence electrons. The molecule has 0 unspecified atom stereocenters. The number of nitrogens with zero attached hydrogens (tertiary/aromatic N) is 2. The van der Waals surface area contributed by atoms with Gasteiger partial charge in [0.15, 0.2) is 5.13 Å². The molecule has 0 fully saturated rings. The predicted molar refractivity (Wildman–Crippen MR) is 94.8 cm³/mol. The summed E-state index contributed by atoms with van der Waals surface area (Å²) in [7, 11) is -0.130. The highest BCUT2D eigenvalue weighted by molar-refractivity contribution is 7.89. The lowest BCUT2D eigenvalue weighted by molar-refractivity contribution is 0.105. The third-order valence-electron chi connectivity index (χ3n) is 2.84. The summed E-state index contributed by atoms with van der Waals surface area (Å²) in [5.74, 6) is -0.103. The summed E-state index contributed by atoms with van der Waals surface area (Å²) in [5.41, 5.74) is 6.37. The van der Waals surface area contributed by atoms with E-state index in [1.54, 1.807) is 37.3 Å². The zero-order valence-corrected chi connectivity index (χ0v) is 14.7. The van der Waals surface area contributed by atoms with Crippen molar-refractivity contribution in [3.63, 3.8) is 0 Å². The summed E-state index contributed by atoms with van der Waals surface area (Å²) in [5, 5.41) is 8.44. The summed E-state index contributed by atoms with van der Waals surface area (Å²) in [6.07, 6.45) is 3.04. The minimum Gasteiger partial charge on any atom is -0.383 e. The number of nitrogens with two attached hydrogens (primary N) is 2. The normalized spacial score (nSPS) is 11.6. The van der Waals surface area contributed by atoms with Gasteiger partial charge in [0, 0.05) is 32.1 Å². The summed E-state index contributed by atoms with van der Waals surface area (Å²) in [6, 6.07) is 5.84. The molecular formula is C14H17N5O3S2. The molecule has 0 saturated carbocycles. The number of aromatic nitrogens is 1. The van der Waals surface area contributed by atoms with E-state index in [1.165, 1.54) is 18.2 Å². The first-order valence-electron chi connectivity index (χ1n) is 6.72. The van der Waals surface area contributed by atoms with Gasteiger partial charge in [0.2, 0.25) is 15.8 Å². The molecule has 0 aliphatic rings. The van der Waals surface area contributed by atoms with Crippen molar-refractivity contribution >= 4 is 43.8 Å². The van der Waals surface area contributed by atoms with E-state index in [-0.39, 0.29) is 16.5 Å². The second-order valence-electron chi connectivity index (χ2n) is 5.07. The quantitative estimate of drug-likeness (QED) is 0.519. The van der Waals surface area contributed by atoms with Gasteiger partial charge in [0.25, 0.3) is 0 Å². The van der Waals surface area contributed by atoms with Crippen LogP contribution in [0.25, 0.3) is 0 Å². The predicted octanol–water partition coefficient (Wildman–Crippen LogP) is 1.37. The van der Waals surface area contributed by atoms with Crippen LogP contribution in [-0.2, 0) is 10.0 Å². The number of benzene rings is 1. The van der Waals surface area contributed by atoms with Crippen molar-refractivity contribution in [3.8, 4) is 0 Å². The molecule has 5 N–H and O–H groups in total. The molecule has 0 atom stereocenters. The van der Waals surface area contributed by atoms with Crippen LogP contribution in [0, 0.1) is 0 Å². The zero-order chi connectivity index (χ0) is 17.9. The van der Waals surface area contributed by atoms with Gasteiger partial charge in [-0.1, -0.05) is 11.3 Å². The van der Waals surface area contributed by atoms with Crippen molar-refractivity contribution in [1.29, 1.82) is 0 Å². The number of hydrogen-bond donors (Lipinski definition) is 3. The van der Waals surface area contributed by atoms with Crippen LogP contribution >= 0.6 is 11.3 Å². The molecule has 10 heteroatoms. The Labute approximate surface area is 143 Å². The lowest BCUT2D eigenvalue weighted by Gasteiger charge is -2.03. The molecule has 1 heterocycles. The van der Waals surface area contributed by atoms with Crippen molar-refractivity contribution in [3.05, 3.63) is 41.4 Å². The SMILES string of the molecule is CN(C)/C=C/C(=O)c1sc(Nc2ccc(S(N)(=O)=O)cc2)nc1N. The largest absolute Gasteiger partial charge is 0.383 e. The van der Waals surface area contributed by atoms with E-state index >= 15 is 0 Å². The Hall–Kier alpha value is -2.43. The Morgan fingerprint density at radius 1 is 1.29 bits per heavy atom. The number of nitrogens with one attached hydrogen (secondary N) is 1. The zero-order valence-electron chi connectivity index (χ0n) is 13.1. The van der Waals surface area contributed by atoms with Gasteiger partial charge in [-0.25, -0.2) is 18.5 Å². The van der Waals surface area contributed by atoms with Crippen LogP contribution in [0.5, 0.6) is 0 Å². The maximum absolute atomic E-state index is 12.1. The number of carbonyl (C=O) groups is 1. The highest BCUT2D eigenvalue weighted by atomic mass is 32.2. The van der Waals surface area contributed by atoms with E-state index in [0.29, 0.717) is 15.7 Å². The van der Waals surface area contributed by atoms with Gasteiger partial charge >= 0.3 is 0 Å². The van der Waals surface area contributed by atoms with E-state index in [2.05, 4.69) is 10.3 Å². The van der Waals surface area contributed by atoms with Gasteiger partial charge in [-0.3, -0.25) is 4.79 Å². The summed E-state index contributed by atoms with van der Waals surface area (Å²) in [6.45, 7) is 0. The first-order valence-corrected chi connectivity index (χ1v) is 9.08. The molecule has 8 nitrogen and oxygen atoms in total. The number of anilines is 3. The average Bonchev–Trinajstić information content (AvgIpc) is 2.85. The van der Waals surface area contributed by atoms with Crippen LogP contribution in [-0.4, -0.2) is 38.2 Å². The van der Waals surface area contributed by atoms with E-state index in [0.717, 1.165) is 11.3 Å². The number of thiazole rings is 1. The van der Waals surface area contributed by atoms with Crippen LogP contribution in [0.3, 0.4) is 0 Å². The highest BCUT2D eigenvalue weighted by Gasteiger charge is 2.14.